The van der Waals surface area contributed by atoms with Gasteiger partial charge in [-0.1, -0.05) is 0 Å². The molecule has 2 heterocycles. The second-order valence-corrected chi connectivity index (χ2v) is 5.56. The van der Waals surface area contributed by atoms with Crippen LogP contribution in [0.5, 0.6) is 0 Å². The lowest BCUT2D eigenvalue weighted by Crippen LogP contribution is -2.54. The van der Waals surface area contributed by atoms with E-state index in [1.54, 1.807) is 20.8 Å². The lowest BCUT2D eigenvalue weighted by molar-refractivity contribution is -0.325. The van der Waals surface area contributed by atoms with Crippen molar-refractivity contribution < 1.29 is 24.2 Å². The number of carboxylic acids is 1. The van der Waals surface area contributed by atoms with E-state index >= 15 is 0 Å². The van der Waals surface area contributed by atoms with E-state index in [4.69, 9.17) is 9.47 Å². The first-order valence-corrected chi connectivity index (χ1v) is 5.59. The molecule has 17 heavy (non-hydrogen) atoms. The minimum absolute atomic E-state index is 0.00884. The zero-order valence-electron chi connectivity index (χ0n) is 10.2. The van der Waals surface area contributed by atoms with Gasteiger partial charge in [0.25, 0.3) is 0 Å². The fraction of sp³-hybridized carbons (Fsp3) is 0.818. The molecule has 1 amide bonds. The minimum Gasteiger partial charge on any atom is -0.547 e. The fourth-order valence-corrected chi connectivity index (χ4v) is 2.21. The molecule has 2 aliphatic rings. The van der Waals surface area contributed by atoms with E-state index in [9.17, 15) is 14.7 Å². The van der Waals surface area contributed by atoms with E-state index in [0.29, 0.717) is 0 Å². The number of hydrogen-bond donors (Lipinski definition) is 0. The number of aliphatic carboxylic acids is 1. The topological polar surface area (TPSA) is 78.9 Å². The van der Waals surface area contributed by atoms with E-state index in [-0.39, 0.29) is 25.6 Å². The molecule has 0 aromatic heterocycles. The van der Waals surface area contributed by atoms with Crippen LogP contribution in [0.1, 0.15) is 27.2 Å². The number of carbonyl (C=O) groups excluding carboxylic acids is 2. The number of ether oxygens (including phenoxy) is 2. The predicted octanol–water partition coefficient (Wildman–Crippen LogP) is -0.485. The average molecular weight is 242 g/mol. The van der Waals surface area contributed by atoms with Gasteiger partial charge >= 0.3 is 6.09 Å². The van der Waals surface area contributed by atoms with E-state index < -0.39 is 23.3 Å². The minimum atomic E-state index is -1.33. The van der Waals surface area contributed by atoms with Crippen molar-refractivity contribution in [1.29, 1.82) is 0 Å². The summed E-state index contributed by atoms with van der Waals surface area (Å²) in [5, 5.41) is 11.0. The van der Waals surface area contributed by atoms with Crippen LogP contribution in [0.4, 0.5) is 4.79 Å². The average Bonchev–Trinajstić information content (AvgIpc) is 2.72. The number of carboxylic acid groups (broad SMARTS) is 1. The number of carbonyl (C=O) groups is 2. The maximum absolute atomic E-state index is 11.9. The first kappa shape index (κ1) is 12.2. The lowest BCUT2D eigenvalue weighted by Gasteiger charge is -2.34. The molecule has 0 aliphatic carbocycles. The number of fused-ring (bicyclic) bond motifs is 2. The largest absolute Gasteiger partial charge is 0.547 e. The predicted molar refractivity (Wildman–Crippen MR) is 55.0 cm³/mol. The van der Waals surface area contributed by atoms with E-state index in [0.717, 1.165) is 0 Å². The van der Waals surface area contributed by atoms with Crippen LogP contribution in [0.2, 0.25) is 0 Å². The second kappa shape index (κ2) is 3.60. The highest BCUT2D eigenvalue weighted by Crippen LogP contribution is 2.37. The van der Waals surface area contributed by atoms with Gasteiger partial charge in [0.2, 0.25) is 0 Å². The van der Waals surface area contributed by atoms with Gasteiger partial charge < -0.3 is 19.4 Å². The molecule has 0 N–H and O–H groups in total. The summed E-state index contributed by atoms with van der Waals surface area (Å²) in [5.41, 5.74) is -1.92. The van der Waals surface area contributed by atoms with E-state index in [1.807, 2.05) is 0 Å². The number of morpholine rings is 1. The summed E-state index contributed by atoms with van der Waals surface area (Å²) >= 11 is 0. The third-order valence-corrected chi connectivity index (χ3v) is 2.98. The molecular formula is C11H16NO5-. The molecule has 2 fully saturated rings. The van der Waals surface area contributed by atoms with Crippen LogP contribution in [-0.4, -0.2) is 47.4 Å². The standard InChI is InChI=1S/C11H17NO5/c1-10(2,3)17-9(15)12-6-11(8(13)14)4-7(12)5-16-11/h7H,4-6H2,1-3H3,(H,13,14)/p-1/t7-,11-/m1/s1. The number of amides is 1. The van der Waals surface area contributed by atoms with Crippen molar-refractivity contribution in [2.24, 2.45) is 0 Å². The molecule has 0 spiro atoms. The summed E-state index contributed by atoms with van der Waals surface area (Å²) in [6.45, 7) is 5.54. The maximum atomic E-state index is 11.9. The Morgan fingerprint density at radius 1 is 1.47 bits per heavy atom. The number of hydrogen-bond acceptors (Lipinski definition) is 5. The molecule has 2 rings (SSSR count). The molecule has 0 saturated carbocycles. The van der Waals surface area contributed by atoms with E-state index in [1.165, 1.54) is 4.90 Å². The highest BCUT2D eigenvalue weighted by molar-refractivity contribution is 5.80. The summed E-state index contributed by atoms with van der Waals surface area (Å²) in [6, 6.07) is -0.220. The molecule has 0 aromatic carbocycles. The van der Waals surface area contributed by atoms with Gasteiger partial charge in [-0.3, -0.25) is 4.90 Å². The van der Waals surface area contributed by atoms with Crippen LogP contribution in [0.25, 0.3) is 0 Å². The summed E-state index contributed by atoms with van der Waals surface area (Å²) in [4.78, 5) is 24.3. The molecule has 96 valence electrons. The Bertz CT molecular complexity index is 361. The quantitative estimate of drug-likeness (QED) is 0.620. The van der Waals surface area contributed by atoms with Crippen LogP contribution in [0.15, 0.2) is 0 Å². The monoisotopic (exact) mass is 242 g/mol. The van der Waals surface area contributed by atoms with Crippen LogP contribution in [-0.2, 0) is 14.3 Å². The van der Waals surface area contributed by atoms with Crippen LogP contribution in [0.3, 0.4) is 0 Å². The Hall–Kier alpha value is -1.30. The summed E-state index contributed by atoms with van der Waals surface area (Å²) in [5.74, 6) is -1.26. The molecule has 2 bridgehead atoms. The molecule has 2 atom stereocenters. The molecule has 0 radical (unpaired) electrons. The Labute approximate surface area is 99.5 Å². The Kier molecular flexibility index (Phi) is 2.57. The zero-order chi connectivity index (χ0) is 12.8. The number of likely N-dealkylation sites (tertiary alicyclic amines) is 1. The highest BCUT2D eigenvalue weighted by atomic mass is 16.6. The molecule has 6 nitrogen and oxygen atoms in total. The summed E-state index contributed by atoms with van der Waals surface area (Å²) in [7, 11) is 0. The second-order valence-electron chi connectivity index (χ2n) is 5.56. The van der Waals surface area contributed by atoms with Gasteiger partial charge in [0.15, 0.2) is 0 Å². The van der Waals surface area contributed by atoms with Crippen molar-refractivity contribution in [3.05, 3.63) is 0 Å². The van der Waals surface area contributed by atoms with Crippen molar-refractivity contribution >= 4 is 12.1 Å². The molecule has 2 aliphatic heterocycles. The summed E-state index contributed by atoms with van der Waals surface area (Å²) < 4.78 is 10.4. The Morgan fingerprint density at radius 2 is 2.12 bits per heavy atom. The maximum Gasteiger partial charge on any atom is 0.410 e. The van der Waals surface area contributed by atoms with Crippen molar-refractivity contribution in [3.63, 3.8) is 0 Å². The number of nitrogens with zero attached hydrogens (tertiary/aromatic N) is 1. The van der Waals surface area contributed by atoms with Gasteiger partial charge in [0.05, 0.1) is 25.2 Å². The van der Waals surface area contributed by atoms with Gasteiger partial charge in [-0.15, -0.1) is 0 Å². The molecule has 0 aromatic rings. The highest BCUT2D eigenvalue weighted by Gasteiger charge is 2.54. The van der Waals surface area contributed by atoms with Crippen LogP contribution < -0.4 is 5.11 Å². The van der Waals surface area contributed by atoms with Crippen molar-refractivity contribution in [1.82, 2.24) is 4.90 Å². The summed E-state index contributed by atoms with van der Waals surface area (Å²) in [6.07, 6.45) is -0.205. The first-order chi connectivity index (χ1) is 7.73. The number of rotatable bonds is 1. The van der Waals surface area contributed by atoms with Crippen LogP contribution in [0, 0.1) is 0 Å². The SMILES string of the molecule is CC(C)(C)OC(=O)N1C[C@@]2(C(=O)[O-])C[C@@H]1CO2. The molecule has 6 heteroatoms. The first-order valence-electron chi connectivity index (χ1n) is 5.59. The Morgan fingerprint density at radius 3 is 2.59 bits per heavy atom. The fourth-order valence-electron chi connectivity index (χ4n) is 2.21. The van der Waals surface area contributed by atoms with Gasteiger partial charge in [0.1, 0.15) is 11.2 Å². The molecule has 2 saturated heterocycles. The van der Waals surface area contributed by atoms with Gasteiger partial charge in [-0.05, 0) is 20.8 Å². The van der Waals surface area contributed by atoms with Gasteiger partial charge in [0, 0.05) is 6.42 Å². The normalized spacial score (nSPS) is 31.7. The smallest absolute Gasteiger partial charge is 0.410 e. The lowest BCUT2D eigenvalue weighted by atomic mass is 10.0. The van der Waals surface area contributed by atoms with E-state index in [2.05, 4.69) is 0 Å². The Balaban J connectivity index is 2.07. The van der Waals surface area contributed by atoms with Crippen molar-refractivity contribution in [2.75, 3.05) is 13.2 Å². The third-order valence-electron chi connectivity index (χ3n) is 2.98. The van der Waals surface area contributed by atoms with Crippen molar-refractivity contribution in [3.8, 4) is 0 Å². The molecule has 0 unspecified atom stereocenters. The zero-order valence-corrected chi connectivity index (χ0v) is 10.2. The molecular weight excluding hydrogens is 226 g/mol. The van der Waals surface area contributed by atoms with Gasteiger partial charge in [-0.25, -0.2) is 4.79 Å². The van der Waals surface area contributed by atoms with Gasteiger partial charge in [-0.2, -0.15) is 0 Å². The van der Waals surface area contributed by atoms with Crippen molar-refractivity contribution in [2.45, 2.75) is 44.4 Å². The third kappa shape index (κ3) is 2.09. The van der Waals surface area contributed by atoms with Crippen LogP contribution >= 0.6 is 0 Å².